The van der Waals surface area contributed by atoms with Crippen LogP contribution in [0.4, 0.5) is 0 Å². The van der Waals surface area contributed by atoms with E-state index in [1.807, 2.05) is 35.2 Å². The zero-order valence-corrected chi connectivity index (χ0v) is 21.3. The monoisotopic (exact) mass is 481 g/mol. The lowest BCUT2D eigenvalue weighted by molar-refractivity contribution is -0.133. The predicted octanol–water partition coefficient (Wildman–Crippen LogP) is 5.44. The molecule has 0 saturated carbocycles. The number of rotatable bonds is 8. The van der Waals surface area contributed by atoms with E-state index in [1.54, 1.807) is 0 Å². The summed E-state index contributed by atoms with van der Waals surface area (Å²) in [4.78, 5) is 18.0. The quantitative estimate of drug-likeness (QED) is 0.336. The molecule has 3 aromatic carbocycles. The van der Waals surface area contributed by atoms with Crippen LogP contribution in [0, 0.1) is 0 Å². The molecule has 1 amide bonds. The summed E-state index contributed by atoms with van der Waals surface area (Å²) in [5, 5.41) is 1.20. The predicted molar refractivity (Wildman–Crippen MR) is 145 cm³/mol. The molecule has 1 aliphatic heterocycles. The summed E-state index contributed by atoms with van der Waals surface area (Å²) in [5.41, 5.74) is 4.61. The van der Waals surface area contributed by atoms with Crippen LogP contribution in [-0.4, -0.2) is 53.0 Å². The number of para-hydroxylation sites is 1. The van der Waals surface area contributed by atoms with Gasteiger partial charge in [0.25, 0.3) is 0 Å². The Morgan fingerprint density at radius 1 is 0.917 bits per heavy atom. The van der Waals surface area contributed by atoms with Gasteiger partial charge in [-0.2, -0.15) is 0 Å². The largest absolute Gasteiger partial charge is 0.489 e. The molecule has 2 heterocycles. The number of nitrogens with zero attached hydrogens (tertiary/aromatic N) is 3. The molecule has 5 nitrogen and oxygen atoms in total. The van der Waals surface area contributed by atoms with Crippen LogP contribution >= 0.6 is 0 Å². The van der Waals surface area contributed by atoms with E-state index in [4.69, 9.17) is 4.74 Å². The molecule has 0 unspecified atom stereocenters. The number of aromatic nitrogens is 1. The maximum atomic E-state index is 13.6. The number of piperazine rings is 1. The molecule has 36 heavy (non-hydrogen) atoms. The number of benzene rings is 3. The van der Waals surface area contributed by atoms with E-state index >= 15 is 0 Å². The Bertz CT molecular complexity index is 1310. The fourth-order valence-electron chi connectivity index (χ4n) is 5.24. The van der Waals surface area contributed by atoms with Gasteiger partial charge in [-0.1, -0.05) is 67.6 Å². The van der Waals surface area contributed by atoms with Crippen LogP contribution in [0.25, 0.3) is 10.9 Å². The lowest BCUT2D eigenvalue weighted by atomic mass is 9.87. The van der Waals surface area contributed by atoms with Gasteiger partial charge in [-0.15, -0.1) is 0 Å². The number of hydrogen-bond acceptors (Lipinski definition) is 3. The fraction of sp³-hybridized carbons (Fsp3) is 0.323. The zero-order chi connectivity index (χ0) is 24.9. The number of carbonyl (C=O) groups excluding carboxylic acids is 1. The maximum absolute atomic E-state index is 13.6. The Kier molecular flexibility index (Phi) is 7.38. The van der Waals surface area contributed by atoms with Gasteiger partial charge in [-0.3, -0.25) is 4.79 Å². The smallest absolute Gasteiger partial charge is 0.223 e. The molecule has 5 heteroatoms. The minimum absolute atomic E-state index is 0.0481. The van der Waals surface area contributed by atoms with Crippen molar-refractivity contribution < 1.29 is 9.53 Å². The van der Waals surface area contributed by atoms with E-state index in [-0.39, 0.29) is 11.8 Å². The first-order valence-corrected chi connectivity index (χ1v) is 12.9. The number of fused-ring (bicyclic) bond motifs is 1. The third-order valence-electron chi connectivity index (χ3n) is 7.36. The Hall–Kier alpha value is -3.57. The first-order chi connectivity index (χ1) is 17.6. The molecule has 186 valence electrons. The minimum atomic E-state index is -0.0481. The highest BCUT2D eigenvalue weighted by Crippen LogP contribution is 2.36. The van der Waals surface area contributed by atoms with Crippen LogP contribution in [0.1, 0.15) is 36.0 Å². The molecule has 0 radical (unpaired) electrons. The molecule has 1 aliphatic rings. The maximum Gasteiger partial charge on any atom is 0.223 e. The average Bonchev–Trinajstić information content (AvgIpc) is 3.27. The summed E-state index contributed by atoms with van der Waals surface area (Å²) in [7, 11) is 2.08. The minimum Gasteiger partial charge on any atom is -0.489 e. The Morgan fingerprint density at radius 3 is 2.44 bits per heavy atom. The number of aryl methyl sites for hydroxylation is 1. The molecule has 1 aromatic heterocycles. The number of likely N-dealkylation sites (N-methyl/N-ethyl adjacent to an activating group) is 1. The van der Waals surface area contributed by atoms with Crippen LogP contribution in [0.2, 0.25) is 0 Å². The molecule has 5 rings (SSSR count). The standard InChI is InChI=1S/C31H35N3O2/c1-3-33-16-18-34(19-17-33)31(35)21-28(29-22-32(2)30-15-8-7-14-27(29)30)25-12-9-13-26(20-25)36-23-24-10-5-4-6-11-24/h4-15,20,22,28H,3,16-19,21,23H2,1-2H3/t28-/m0/s1. The summed E-state index contributed by atoms with van der Waals surface area (Å²) in [6.07, 6.45) is 2.64. The van der Waals surface area contributed by atoms with Gasteiger partial charge >= 0.3 is 0 Å². The third kappa shape index (κ3) is 5.31. The SMILES string of the molecule is CCN1CCN(C(=O)C[C@@H](c2cccc(OCc3ccccc3)c2)c2cn(C)c3ccccc23)CC1. The number of amides is 1. The molecule has 0 bridgehead atoms. The van der Waals surface area contributed by atoms with Crippen LogP contribution in [0.3, 0.4) is 0 Å². The van der Waals surface area contributed by atoms with E-state index in [0.29, 0.717) is 13.0 Å². The molecular weight excluding hydrogens is 446 g/mol. The lowest BCUT2D eigenvalue weighted by Crippen LogP contribution is -2.48. The van der Waals surface area contributed by atoms with Crippen molar-refractivity contribution in [2.75, 3.05) is 32.7 Å². The summed E-state index contributed by atoms with van der Waals surface area (Å²) < 4.78 is 8.32. The second-order valence-electron chi connectivity index (χ2n) is 9.63. The van der Waals surface area contributed by atoms with Gasteiger partial charge in [0, 0.05) is 62.7 Å². The van der Waals surface area contributed by atoms with Crippen molar-refractivity contribution in [3.63, 3.8) is 0 Å². The van der Waals surface area contributed by atoms with E-state index in [1.165, 1.54) is 16.5 Å². The van der Waals surface area contributed by atoms with Crippen molar-refractivity contribution in [1.82, 2.24) is 14.4 Å². The lowest BCUT2D eigenvalue weighted by Gasteiger charge is -2.35. The van der Waals surface area contributed by atoms with Gasteiger partial charge in [0.15, 0.2) is 0 Å². The van der Waals surface area contributed by atoms with Crippen LogP contribution in [0.15, 0.2) is 85.1 Å². The van der Waals surface area contributed by atoms with Gasteiger partial charge in [0.1, 0.15) is 12.4 Å². The Labute approximate surface area is 213 Å². The van der Waals surface area contributed by atoms with Gasteiger partial charge < -0.3 is 19.1 Å². The Balaban J connectivity index is 1.44. The van der Waals surface area contributed by atoms with Crippen molar-refractivity contribution in [2.24, 2.45) is 7.05 Å². The summed E-state index contributed by atoms with van der Waals surface area (Å²) in [6, 6.07) is 26.9. The van der Waals surface area contributed by atoms with Crippen molar-refractivity contribution in [3.8, 4) is 5.75 Å². The van der Waals surface area contributed by atoms with Crippen molar-refractivity contribution in [3.05, 3.63) is 102 Å². The highest BCUT2D eigenvalue weighted by Gasteiger charge is 2.27. The second-order valence-corrected chi connectivity index (χ2v) is 9.63. The number of carbonyl (C=O) groups is 1. The van der Waals surface area contributed by atoms with Crippen LogP contribution in [-0.2, 0) is 18.4 Å². The van der Waals surface area contributed by atoms with Crippen molar-refractivity contribution >= 4 is 16.8 Å². The van der Waals surface area contributed by atoms with Crippen LogP contribution < -0.4 is 4.74 Å². The van der Waals surface area contributed by atoms with E-state index < -0.39 is 0 Å². The zero-order valence-electron chi connectivity index (χ0n) is 21.3. The van der Waals surface area contributed by atoms with Gasteiger partial charge in [0.2, 0.25) is 5.91 Å². The number of ether oxygens (including phenoxy) is 1. The fourth-order valence-corrected chi connectivity index (χ4v) is 5.24. The Morgan fingerprint density at radius 2 is 1.67 bits per heavy atom. The molecular formula is C31H35N3O2. The molecule has 0 N–H and O–H groups in total. The average molecular weight is 482 g/mol. The molecule has 4 aromatic rings. The summed E-state index contributed by atoms with van der Waals surface area (Å²) in [5.74, 6) is 0.998. The molecule has 1 fully saturated rings. The van der Waals surface area contributed by atoms with E-state index in [2.05, 4.69) is 78.2 Å². The third-order valence-corrected chi connectivity index (χ3v) is 7.36. The topological polar surface area (TPSA) is 37.7 Å². The molecule has 0 aliphatic carbocycles. The highest BCUT2D eigenvalue weighted by molar-refractivity contribution is 5.86. The van der Waals surface area contributed by atoms with Gasteiger partial charge in [-0.05, 0) is 41.4 Å². The summed E-state index contributed by atoms with van der Waals surface area (Å²) in [6.45, 7) is 7.24. The first-order valence-electron chi connectivity index (χ1n) is 12.9. The highest BCUT2D eigenvalue weighted by atomic mass is 16.5. The van der Waals surface area contributed by atoms with Crippen LogP contribution in [0.5, 0.6) is 5.75 Å². The molecule has 1 saturated heterocycles. The number of hydrogen-bond donors (Lipinski definition) is 0. The van der Waals surface area contributed by atoms with E-state index in [9.17, 15) is 4.79 Å². The first kappa shape index (κ1) is 24.1. The van der Waals surface area contributed by atoms with Crippen molar-refractivity contribution in [2.45, 2.75) is 25.9 Å². The normalized spacial score (nSPS) is 15.2. The van der Waals surface area contributed by atoms with Gasteiger partial charge in [-0.25, -0.2) is 0 Å². The van der Waals surface area contributed by atoms with Gasteiger partial charge in [0.05, 0.1) is 0 Å². The second kappa shape index (κ2) is 11.0. The molecule has 0 spiro atoms. The van der Waals surface area contributed by atoms with E-state index in [0.717, 1.165) is 49.6 Å². The molecule has 1 atom stereocenters. The van der Waals surface area contributed by atoms with Crippen molar-refractivity contribution in [1.29, 1.82) is 0 Å². The summed E-state index contributed by atoms with van der Waals surface area (Å²) >= 11 is 0.